The first-order chi connectivity index (χ1) is 10.7. The Balaban J connectivity index is 1.55. The molecular formula is C16H26N4O2. The number of carbonyl (C=O) groups is 1. The van der Waals surface area contributed by atoms with Gasteiger partial charge in [-0.15, -0.1) is 0 Å². The van der Waals surface area contributed by atoms with Crippen LogP contribution in [0, 0.1) is 0 Å². The molecule has 22 heavy (non-hydrogen) atoms. The SMILES string of the molecule is O=C(CNC1(CO)CCCC1)Nc1ccnn1C1CCCC1. The molecule has 0 spiro atoms. The van der Waals surface area contributed by atoms with Crippen LogP contribution in [0.25, 0.3) is 0 Å². The zero-order chi connectivity index (χ0) is 15.4. The first-order valence-corrected chi connectivity index (χ1v) is 8.42. The molecule has 0 atom stereocenters. The highest BCUT2D eigenvalue weighted by atomic mass is 16.3. The maximum atomic E-state index is 12.2. The number of aliphatic hydroxyl groups is 1. The third-order valence-electron chi connectivity index (χ3n) is 5.10. The first-order valence-electron chi connectivity index (χ1n) is 8.42. The summed E-state index contributed by atoms with van der Waals surface area (Å²) in [4.78, 5) is 12.2. The molecule has 0 aromatic carbocycles. The fourth-order valence-electron chi connectivity index (χ4n) is 3.75. The van der Waals surface area contributed by atoms with Crippen molar-refractivity contribution >= 4 is 11.7 Å². The maximum Gasteiger partial charge on any atom is 0.239 e. The third-order valence-corrected chi connectivity index (χ3v) is 5.10. The number of hydrogen-bond donors (Lipinski definition) is 3. The maximum absolute atomic E-state index is 12.2. The molecule has 0 radical (unpaired) electrons. The Kier molecular flexibility index (Phi) is 4.78. The van der Waals surface area contributed by atoms with Crippen molar-refractivity contribution in [1.29, 1.82) is 0 Å². The number of hydrogen-bond acceptors (Lipinski definition) is 4. The molecule has 0 aliphatic heterocycles. The van der Waals surface area contributed by atoms with Crippen molar-refractivity contribution in [1.82, 2.24) is 15.1 Å². The van der Waals surface area contributed by atoms with Crippen molar-refractivity contribution in [3.8, 4) is 0 Å². The summed E-state index contributed by atoms with van der Waals surface area (Å²) >= 11 is 0. The standard InChI is InChI=1S/C16H26N4O2/c21-12-16(8-3-4-9-16)17-11-15(22)19-14-7-10-18-20(14)13-5-1-2-6-13/h7,10,13,17,21H,1-6,8-9,11-12H2,(H,19,22). The molecule has 1 amide bonds. The molecule has 1 aromatic heterocycles. The lowest BCUT2D eigenvalue weighted by Crippen LogP contribution is -2.49. The van der Waals surface area contributed by atoms with Gasteiger partial charge in [-0.05, 0) is 25.7 Å². The van der Waals surface area contributed by atoms with Gasteiger partial charge in [0, 0.05) is 11.6 Å². The lowest BCUT2D eigenvalue weighted by molar-refractivity contribution is -0.115. The number of rotatable bonds is 6. The second-order valence-electron chi connectivity index (χ2n) is 6.65. The Hall–Kier alpha value is -1.40. The van der Waals surface area contributed by atoms with Crippen LogP contribution in [0.1, 0.15) is 57.4 Å². The predicted octanol–water partition coefficient (Wildman–Crippen LogP) is 1.83. The highest BCUT2D eigenvalue weighted by Crippen LogP contribution is 2.31. The molecule has 0 unspecified atom stereocenters. The Morgan fingerprint density at radius 3 is 2.73 bits per heavy atom. The van der Waals surface area contributed by atoms with E-state index in [-0.39, 0.29) is 24.6 Å². The van der Waals surface area contributed by atoms with Crippen LogP contribution in [-0.2, 0) is 4.79 Å². The minimum atomic E-state index is -0.261. The van der Waals surface area contributed by atoms with E-state index in [2.05, 4.69) is 15.7 Å². The molecule has 6 heteroatoms. The van der Waals surface area contributed by atoms with Crippen molar-refractivity contribution in [2.75, 3.05) is 18.5 Å². The van der Waals surface area contributed by atoms with Gasteiger partial charge in [0.2, 0.25) is 5.91 Å². The number of nitrogens with one attached hydrogen (secondary N) is 2. The van der Waals surface area contributed by atoms with Gasteiger partial charge < -0.3 is 15.7 Å². The number of amides is 1. The second-order valence-corrected chi connectivity index (χ2v) is 6.65. The minimum absolute atomic E-state index is 0.0699. The normalized spacial score (nSPS) is 21.3. The van der Waals surface area contributed by atoms with Gasteiger partial charge in [0.15, 0.2) is 0 Å². The molecule has 1 heterocycles. The van der Waals surface area contributed by atoms with Crippen molar-refractivity contribution in [3.63, 3.8) is 0 Å². The summed E-state index contributed by atoms with van der Waals surface area (Å²) in [5, 5.41) is 20.1. The fourth-order valence-corrected chi connectivity index (χ4v) is 3.75. The Labute approximate surface area is 131 Å². The Morgan fingerprint density at radius 1 is 1.32 bits per heavy atom. The molecule has 1 aromatic rings. The van der Waals surface area contributed by atoms with E-state index in [1.54, 1.807) is 6.20 Å². The summed E-state index contributed by atoms with van der Waals surface area (Å²) in [6.07, 6.45) is 10.6. The van der Waals surface area contributed by atoms with E-state index in [1.165, 1.54) is 12.8 Å². The first kappa shape index (κ1) is 15.5. The number of aliphatic hydroxyl groups excluding tert-OH is 1. The number of aromatic nitrogens is 2. The van der Waals surface area contributed by atoms with E-state index in [1.807, 2.05) is 10.7 Å². The monoisotopic (exact) mass is 306 g/mol. The van der Waals surface area contributed by atoms with Crippen molar-refractivity contribution in [3.05, 3.63) is 12.3 Å². The van der Waals surface area contributed by atoms with Crippen molar-refractivity contribution in [2.24, 2.45) is 0 Å². The molecule has 3 N–H and O–H groups in total. The number of nitrogens with zero attached hydrogens (tertiary/aromatic N) is 2. The van der Waals surface area contributed by atoms with E-state index in [0.29, 0.717) is 6.04 Å². The molecule has 2 saturated carbocycles. The zero-order valence-corrected chi connectivity index (χ0v) is 13.1. The number of carbonyl (C=O) groups excluding carboxylic acids is 1. The molecule has 0 bridgehead atoms. The average Bonchev–Trinajstić information content (AvgIpc) is 3.26. The van der Waals surface area contributed by atoms with E-state index >= 15 is 0 Å². The fraction of sp³-hybridized carbons (Fsp3) is 0.750. The van der Waals surface area contributed by atoms with Crippen LogP contribution in [0.15, 0.2) is 12.3 Å². The largest absolute Gasteiger partial charge is 0.394 e. The Bertz CT molecular complexity index is 502. The van der Waals surface area contributed by atoms with Gasteiger partial charge >= 0.3 is 0 Å². The quantitative estimate of drug-likeness (QED) is 0.749. The topological polar surface area (TPSA) is 79.2 Å². The average molecular weight is 306 g/mol. The summed E-state index contributed by atoms with van der Waals surface area (Å²) < 4.78 is 1.95. The summed E-state index contributed by atoms with van der Waals surface area (Å²) in [5.41, 5.74) is -0.261. The van der Waals surface area contributed by atoms with Crippen LogP contribution in [-0.4, -0.2) is 39.5 Å². The summed E-state index contributed by atoms with van der Waals surface area (Å²) in [5.74, 6) is 0.711. The minimum Gasteiger partial charge on any atom is -0.394 e. The molecule has 2 aliphatic carbocycles. The van der Waals surface area contributed by atoms with E-state index < -0.39 is 0 Å². The molecule has 0 saturated heterocycles. The van der Waals surface area contributed by atoms with Crippen molar-refractivity contribution in [2.45, 2.75) is 62.9 Å². The van der Waals surface area contributed by atoms with Gasteiger partial charge in [0.25, 0.3) is 0 Å². The molecular weight excluding hydrogens is 280 g/mol. The van der Waals surface area contributed by atoms with Crippen LogP contribution in [0.2, 0.25) is 0 Å². The smallest absolute Gasteiger partial charge is 0.239 e. The molecule has 6 nitrogen and oxygen atoms in total. The molecule has 3 rings (SSSR count). The van der Waals surface area contributed by atoms with Crippen molar-refractivity contribution < 1.29 is 9.90 Å². The molecule has 122 valence electrons. The van der Waals surface area contributed by atoms with E-state index in [4.69, 9.17) is 0 Å². The van der Waals surface area contributed by atoms with Gasteiger partial charge in [-0.3, -0.25) is 4.79 Å². The molecule has 2 aliphatic rings. The van der Waals surface area contributed by atoms with Crippen LogP contribution in [0.4, 0.5) is 5.82 Å². The summed E-state index contributed by atoms with van der Waals surface area (Å²) in [6.45, 7) is 0.330. The van der Waals surface area contributed by atoms with E-state index in [0.717, 1.165) is 44.3 Å². The lowest BCUT2D eigenvalue weighted by Gasteiger charge is -2.27. The highest BCUT2D eigenvalue weighted by molar-refractivity contribution is 5.91. The second kappa shape index (κ2) is 6.79. The third kappa shape index (κ3) is 3.33. The van der Waals surface area contributed by atoms with Crippen LogP contribution in [0.3, 0.4) is 0 Å². The Morgan fingerprint density at radius 2 is 2.05 bits per heavy atom. The highest BCUT2D eigenvalue weighted by Gasteiger charge is 2.33. The van der Waals surface area contributed by atoms with Crippen LogP contribution < -0.4 is 10.6 Å². The van der Waals surface area contributed by atoms with Crippen LogP contribution >= 0.6 is 0 Å². The van der Waals surface area contributed by atoms with Gasteiger partial charge in [-0.25, -0.2) is 4.68 Å². The van der Waals surface area contributed by atoms with Gasteiger partial charge in [-0.1, -0.05) is 25.7 Å². The predicted molar refractivity (Wildman–Crippen MR) is 84.6 cm³/mol. The van der Waals surface area contributed by atoms with E-state index in [9.17, 15) is 9.90 Å². The van der Waals surface area contributed by atoms with Gasteiger partial charge in [0.05, 0.1) is 25.4 Å². The summed E-state index contributed by atoms with van der Waals surface area (Å²) in [7, 11) is 0. The molecule has 2 fully saturated rings. The van der Waals surface area contributed by atoms with Gasteiger partial charge in [-0.2, -0.15) is 5.10 Å². The summed E-state index contributed by atoms with van der Waals surface area (Å²) in [6, 6.07) is 2.27. The number of anilines is 1. The lowest BCUT2D eigenvalue weighted by atomic mass is 9.99. The van der Waals surface area contributed by atoms with Gasteiger partial charge in [0.1, 0.15) is 5.82 Å². The zero-order valence-electron chi connectivity index (χ0n) is 13.1. The van der Waals surface area contributed by atoms with Crippen LogP contribution in [0.5, 0.6) is 0 Å².